The first kappa shape index (κ1) is 18.9. The number of nitrogens with one attached hydrogen (secondary N) is 1. The van der Waals surface area contributed by atoms with Gasteiger partial charge in [-0.3, -0.25) is 14.5 Å². The lowest BCUT2D eigenvalue weighted by atomic mass is 10.2. The molecule has 0 aromatic heterocycles. The van der Waals surface area contributed by atoms with Crippen molar-refractivity contribution in [2.75, 3.05) is 37.5 Å². The summed E-state index contributed by atoms with van der Waals surface area (Å²) in [5, 5.41) is 2.95. The van der Waals surface area contributed by atoms with Gasteiger partial charge >= 0.3 is 0 Å². The largest absolute Gasteiger partial charge is 0.496 e. The number of rotatable bonds is 7. The number of para-hydroxylation sites is 3. The molecule has 2 aromatic carbocycles. The number of carbonyl (C=O) groups is 2. The second kappa shape index (κ2) is 8.68. The van der Waals surface area contributed by atoms with Gasteiger partial charge < -0.3 is 15.0 Å². The molecular formula is C21H25N3O3. The van der Waals surface area contributed by atoms with Crippen LogP contribution >= 0.6 is 0 Å². The Morgan fingerprint density at radius 1 is 1.19 bits per heavy atom. The first-order chi connectivity index (χ1) is 13.1. The number of hydrogen-bond acceptors (Lipinski definition) is 4. The summed E-state index contributed by atoms with van der Waals surface area (Å²) in [6.07, 6.45) is 1.41. The van der Waals surface area contributed by atoms with Crippen LogP contribution in [0.1, 0.15) is 18.4 Å². The van der Waals surface area contributed by atoms with E-state index in [1.165, 1.54) is 0 Å². The van der Waals surface area contributed by atoms with Crippen molar-refractivity contribution < 1.29 is 14.3 Å². The molecule has 3 rings (SSSR count). The lowest BCUT2D eigenvalue weighted by Gasteiger charge is -2.21. The monoisotopic (exact) mass is 367 g/mol. The van der Waals surface area contributed by atoms with E-state index in [1.807, 2.05) is 60.5 Å². The third-order valence-corrected chi connectivity index (χ3v) is 4.59. The zero-order valence-electron chi connectivity index (χ0n) is 15.8. The van der Waals surface area contributed by atoms with Crippen molar-refractivity contribution in [3.05, 3.63) is 54.1 Å². The van der Waals surface area contributed by atoms with Crippen molar-refractivity contribution >= 4 is 23.2 Å². The molecule has 0 saturated carbocycles. The van der Waals surface area contributed by atoms with Crippen LogP contribution in [-0.2, 0) is 16.1 Å². The molecule has 1 heterocycles. The highest BCUT2D eigenvalue weighted by Crippen LogP contribution is 2.29. The molecule has 6 heteroatoms. The molecule has 0 aliphatic carbocycles. The van der Waals surface area contributed by atoms with Gasteiger partial charge in [0.1, 0.15) is 5.75 Å². The van der Waals surface area contributed by atoms with Crippen molar-refractivity contribution in [1.82, 2.24) is 4.90 Å². The SMILES string of the molecule is COc1ccccc1CN(C)CC(=O)Nc1ccccc1N1CCCC1=O. The Balaban J connectivity index is 1.63. The van der Waals surface area contributed by atoms with Crippen LogP contribution in [-0.4, -0.2) is 44.0 Å². The summed E-state index contributed by atoms with van der Waals surface area (Å²) in [6, 6.07) is 15.2. The van der Waals surface area contributed by atoms with Crippen LogP contribution < -0.4 is 15.0 Å². The van der Waals surface area contributed by atoms with Crippen molar-refractivity contribution in [3.63, 3.8) is 0 Å². The summed E-state index contributed by atoms with van der Waals surface area (Å²) in [5.41, 5.74) is 2.46. The molecular weight excluding hydrogens is 342 g/mol. The zero-order valence-corrected chi connectivity index (χ0v) is 15.8. The van der Waals surface area contributed by atoms with Crippen LogP contribution in [0.5, 0.6) is 5.75 Å². The number of ether oxygens (including phenoxy) is 1. The van der Waals surface area contributed by atoms with E-state index in [9.17, 15) is 9.59 Å². The van der Waals surface area contributed by atoms with E-state index in [0.29, 0.717) is 25.2 Å². The number of hydrogen-bond donors (Lipinski definition) is 1. The van der Waals surface area contributed by atoms with Crippen molar-refractivity contribution in [2.24, 2.45) is 0 Å². The maximum absolute atomic E-state index is 12.5. The minimum atomic E-state index is -0.119. The first-order valence-corrected chi connectivity index (χ1v) is 9.08. The molecule has 2 amide bonds. The zero-order chi connectivity index (χ0) is 19.2. The van der Waals surface area contributed by atoms with Crippen molar-refractivity contribution in [3.8, 4) is 5.75 Å². The Labute approximate surface area is 159 Å². The van der Waals surface area contributed by atoms with Crippen LogP contribution in [0.25, 0.3) is 0 Å². The minimum Gasteiger partial charge on any atom is -0.496 e. The standard InChI is InChI=1S/C21H25N3O3/c1-23(14-16-8-3-6-11-19(16)27-2)15-20(25)22-17-9-4-5-10-18(17)24-13-7-12-21(24)26/h3-6,8-11H,7,12-15H2,1-2H3,(H,22,25). The molecule has 0 bridgehead atoms. The number of carbonyl (C=O) groups excluding carboxylic acids is 2. The lowest BCUT2D eigenvalue weighted by molar-refractivity contribution is -0.118. The molecule has 1 aliphatic heterocycles. The number of anilines is 2. The summed E-state index contributed by atoms with van der Waals surface area (Å²) >= 11 is 0. The average molecular weight is 367 g/mol. The summed E-state index contributed by atoms with van der Waals surface area (Å²) < 4.78 is 5.36. The maximum atomic E-state index is 12.5. The van der Waals surface area contributed by atoms with E-state index in [-0.39, 0.29) is 18.4 Å². The maximum Gasteiger partial charge on any atom is 0.238 e. The molecule has 0 atom stereocenters. The molecule has 1 saturated heterocycles. The molecule has 0 radical (unpaired) electrons. The van der Waals surface area contributed by atoms with E-state index in [1.54, 1.807) is 12.0 Å². The number of amides is 2. The van der Waals surface area contributed by atoms with Crippen molar-refractivity contribution in [1.29, 1.82) is 0 Å². The normalized spacial score (nSPS) is 13.9. The number of benzene rings is 2. The Kier molecular flexibility index (Phi) is 6.08. The molecule has 1 N–H and O–H groups in total. The molecule has 27 heavy (non-hydrogen) atoms. The van der Waals surface area contributed by atoms with Crippen LogP contribution in [0.3, 0.4) is 0 Å². The van der Waals surface area contributed by atoms with Gasteiger partial charge in [0, 0.05) is 25.1 Å². The van der Waals surface area contributed by atoms with Gasteiger partial charge in [0.2, 0.25) is 11.8 Å². The van der Waals surface area contributed by atoms with Gasteiger partial charge in [-0.25, -0.2) is 0 Å². The Morgan fingerprint density at radius 2 is 1.93 bits per heavy atom. The minimum absolute atomic E-state index is 0.102. The topological polar surface area (TPSA) is 61.9 Å². The molecule has 2 aromatic rings. The highest BCUT2D eigenvalue weighted by Gasteiger charge is 2.24. The van der Waals surface area contributed by atoms with E-state index < -0.39 is 0 Å². The van der Waals surface area contributed by atoms with Gasteiger partial charge in [-0.05, 0) is 31.7 Å². The van der Waals surface area contributed by atoms with Crippen LogP contribution in [0.15, 0.2) is 48.5 Å². The first-order valence-electron chi connectivity index (χ1n) is 9.08. The number of methoxy groups -OCH3 is 1. The van der Waals surface area contributed by atoms with Gasteiger partial charge in [-0.15, -0.1) is 0 Å². The molecule has 0 unspecified atom stereocenters. The van der Waals surface area contributed by atoms with E-state index >= 15 is 0 Å². The van der Waals surface area contributed by atoms with Crippen LogP contribution in [0, 0.1) is 0 Å². The Bertz CT molecular complexity index is 822. The third kappa shape index (κ3) is 4.65. The molecule has 0 spiro atoms. The molecule has 1 aliphatic rings. The summed E-state index contributed by atoms with van der Waals surface area (Å²) in [5.74, 6) is 0.791. The fourth-order valence-corrected chi connectivity index (χ4v) is 3.33. The van der Waals surface area contributed by atoms with Gasteiger partial charge in [-0.2, -0.15) is 0 Å². The van der Waals surface area contributed by atoms with E-state index in [0.717, 1.165) is 23.4 Å². The predicted molar refractivity (Wildman–Crippen MR) is 106 cm³/mol. The second-order valence-electron chi connectivity index (χ2n) is 6.70. The highest BCUT2D eigenvalue weighted by molar-refractivity contribution is 6.02. The van der Waals surface area contributed by atoms with E-state index in [2.05, 4.69) is 5.32 Å². The smallest absolute Gasteiger partial charge is 0.238 e. The predicted octanol–water partition coefficient (Wildman–Crippen LogP) is 2.89. The van der Waals surface area contributed by atoms with Crippen LogP contribution in [0.2, 0.25) is 0 Å². The molecule has 6 nitrogen and oxygen atoms in total. The van der Waals surface area contributed by atoms with Gasteiger partial charge in [0.05, 0.1) is 25.0 Å². The van der Waals surface area contributed by atoms with Gasteiger partial charge in [-0.1, -0.05) is 30.3 Å². The third-order valence-electron chi connectivity index (χ3n) is 4.59. The molecule has 1 fully saturated rings. The number of nitrogens with zero attached hydrogens (tertiary/aromatic N) is 2. The Hall–Kier alpha value is -2.86. The van der Waals surface area contributed by atoms with Gasteiger partial charge in [0.25, 0.3) is 0 Å². The van der Waals surface area contributed by atoms with Gasteiger partial charge in [0.15, 0.2) is 0 Å². The molecule has 142 valence electrons. The lowest BCUT2D eigenvalue weighted by Crippen LogP contribution is -2.31. The Morgan fingerprint density at radius 3 is 2.67 bits per heavy atom. The fraction of sp³-hybridized carbons (Fsp3) is 0.333. The quantitative estimate of drug-likeness (QED) is 0.817. The average Bonchev–Trinajstić information content (AvgIpc) is 3.08. The summed E-state index contributed by atoms with van der Waals surface area (Å²) in [4.78, 5) is 28.2. The summed E-state index contributed by atoms with van der Waals surface area (Å²) in [6.45, 7) is 1.53. The second-order valence-corrected chi connectivity index (χ2v) is 6.70. The highest BCUT2D eigenvalue weighted by atomic mass is 16.5. The van der Waals surface area contributed by atoms with E-state index in [4.69, 9.17) is 4.74 Å². The number of likely N-dealkylation sites (N-methyl/N-ethyl adjacent to an activating group) is 1. The van der Waals surface area contributed by atoms with Crippen molar-refractivity contribution in [2.45, 2.75) is 19.4 Å². The van der Waals surface area contributed by atoms with Crippen LogP contribution in [0.4, 0.5) is 11.4 Å². The fourth-order valence-electron chi connectivity index (χ4n) is 3.33. The summed E-state index contributed by atoms with van der Waals surface area (Å²) in [7, 11) is 3.53.